The zero-order valence-electron chi connectivity index (χ0n) is 12.8. The molecule has 0 aliphatic heterocycles. The first-order valence-corrected chi connectivity index (χ1v) is 7.30. The highest BCUT2D eigenvalue weighted by atomic mass is 16.5. The summed E-state index contributed by atoms with van der Waals surface area (Å²) in [7, 11) is 0. The minimum atomic E-state index is -0.105. The predicted molar refractivity (Wildman–Crippen MR) is 90.6 cm³/mol. The van der Waals surface area contributed by atoms with Crippen LogP contribution in [-0.4, -0.2) is 12.4 Å². The molecule has 0 unspecified atom stereocenters. The van der Waals surface area contributed by atoms with Crippen molar-refractivity contribution in [3.05, 3.63) is 89.7 Å². The maximum Gasteiger partial charge on any atom is 0.227 e. The van der Waals surface area contributed by atoms with Gasteiger partial charge in [0, 0.05) is 12.0 Å². The fraction of sp³-hybridized carbons (Fsp3) is 0.150. The van der Waals surface area contributed by atoms with Gasteiger partial charge < -0.3 is 4.74 Å². The summed E-state index contributed by atoms with van der Waals surface area (Å²) in [5.41, 5.74) is 2.60. The molecule has 0 bridgehead atoms. The molecule has 0 fully saturated rings. The van der Waals surface area contributed by atoms with Crippen LogP contribution >= 0.6 is 0 Å². The summed E-state index contributed by atoms with van der Waals surface area (Å²) in [4.78, 5) is 12.6. The smallest absolute Gasteiger partial charge is 0.227 e. The van der Waals surface area contributed by atoms with E-state index in [2.05, 4.69) is 6.58 Å². The summed E-state index contributed by atoms with van der Waals surface area (Å²) in [5, 5.41) is 0. The zero-order valence-corrected chi connectivity index (χ0v) is 12.8. The van der Waals surface area contributed by atoms with Crippen LogP contribution in [0.2, 0.25) is 0 Å². The normalized spacial score (nSPS) is 11.0. The summed E-state index contributed by atoms with van der Waals surface area (Å²) in [6.07, 6.45) is 2.52. The summed E-state index contributed by atoms with van der Waals surface area (Å²) in [5.74, 6) is 0.254. The van der Waals surface area contributed by atoms with E-state index < -0.39 is 0 Å². The summed E-state index contributed by atoms with van der Waals surface area (Å²) in [6.45, 7) is 6.25. The quantitative estimate of drug-likeness (QED) is 0.314. The van der Waals surface area contributed by atoms with E-state index in [0.717, 1.165) is 17.6 Å². The molecule has 0 aliphatic rings. The molecular formula is C20H20O2. The van der Waals surface area contributed by atoms with Gasteiger partial charge in [0.2, 0.25) is 5.78 Å². The Balaban J connectivity index is 2.23. The molecule has 0 saturated heterocycles. The van der Waals surface area contributed by atoms with Crippen LogP contribution in [0.1, 0.15) is 29.3 Å². The Hall–Kier alpha value is -2.61. The lowest BCUT2D eigenvalue weighted by Crippen LogP contribution is -2.08. The molecule has 2 aromatic carbocycles. The van der Waals surface area contributed by atoms with Gasteiger partial charge in [-0.3, -0.25) is 4.79 Å². The number of ketones is 1. The van der Waals surface area contributed by atoms with Crippen LogP contribution in [0.25, 0.3) is 6.08 Å². The van der Waals surface area contributed by atoms with Crippen LogP contribution in [0.3, 0.4) is 0 Å². The van der Waals surface area contributed by atoms with Gasteiger partial charge >= 0.3 is 0 Å². The van der Waals surface area contributed by atoms with E-state index in [1.165, 1.54) is 0 Å². The van der Waals surface area contributed by atoms with E-state index in [9.17, 15) is 4.79 Å². The van der Waals surface area contributed by atoms with Crippen molar-refractivity contribution in [1.82, 2.24) is 0 Å². The van der Waals surface area contributed by atoms with Crippen molar-refractivity contribution in [2.45, 2.75) is 13.3 Å². The van der Waals surface area contributed by atoms with Gasteiger partial charge in [0.15, 0.2) is 5.76 Å². The molecule has 0 spiro atoms. The topological polar surface area (TPSA) is 26.3 Å². The molecule has 22 heavy (non-hydrogen) atoms. The largest absolute Gasteiger partial charge is 0.489 e. The maximum absolute atomic E-state index is 12.6. The fourth-order valence-electron chi connectivity index (χ4n) is 1.94. The molecule has 0 radical (unpaired) electrons. The average molecular weight is 292 g/mol. The van der Waals surface area contributed by atoms with Crippen molar-refractivity contribution in [2.24, 2.45) is 0 Å². The highest BCUT2D eigenvalue weighted by molar-refractivity contribution is 6.09. The van der Waals surface area contributed by atoms with Gasteiger partial charge in [0.25, 0.3) is 0 Å². The van der Waals surface area contributed by atoms with Crippen molar-refractivity contribution in [2.75, 3.05) is 6.61 Å². The molecule has 0 heterocycles. The summed E-state index contributed by atoms with van der Waals surface area (Å²) in [6, 6.07) is 18.9. The van der Waals surface area contributed by atoms with Crippen molar-refractivity contribution in [3.63, 3.8) is 0 Å². The Bertz CT molecular complexity index is 655. The first kappa shape index (κ1) is 15.8. The van der Waals surface area contributed by atoms with Gasteiger partial charge in [-0.2, -0.15) is 0 Å². The van der Waals surface area contributed by atoms with Gasteiger partial charge in [-0.05, 0) is 18.6 Å². The van der Waals surface area contributed by atoms with Crippen LogP contribution in [0.5, 0.6) is 0 Å². The molecule has 2 aromatic rings. The number of benzene rings is 2. The number of rotatable bonds is 7. The summed E-state index contributed by atoms with van der Waals surface area (Å²) < 4.78 is 5.72. The standard InChI is InChI=1S/C20H20O2/c1-16(2)13-14-22-19(15-17-9-5-3-6-10-17)20(21)18-11-7-4-8-12-18/h3-12,15H,1,13-14H2,2H3. The van der Waals surface area contributed by atoms with E-state index in [1.54, 1.807) is 18.2 Å². The monoisotopic (exact) mass is 292 g/mol. The SMILES string of the molecule is C=C(C)CCOC(=Cc1ccccc1)C(=O)c1ccccc1. The first-order chi connectivity index (χ1) is 10.7. The molecular weight excluding hydrogens is 272 g/mol. The third kappa shape index (κ3) is 4.74. The molecule has 0 saturated carbocycles. The van der Waals surface area contributed by atoms with Crippen LogP contribution in [0.4, 0.5) is 0 Å². The lowest BCUT2D eigenvalue weighted by atomic mass is 10.1. The second-order valence-corrected chi connectivity index (χ2v) is 5.17. The lowest BCUT2D eigenvalue weighted by molar-refractivity contribution is 0.0924. The molecule has 2 rings (SSSR count). The van der Waals surface area contributed by atoms with E-state index in [0.29, 0.717) is 17.9 Å². The third-order valence-corrected chi connectivity index (χ3v) is 3.14. The first-order valence-electron chi connectivity index (χ1n) is 7.30. The van der Waals surface area contributed by atoms with Gasteiger partial charge in [-0.1, -0.05) is 66.2 Å². The van der Waals surface area contributed by atoms with Crippen molar-refractivity contribution in [3.8, 4) is 0 Å². The lowest BCUT2D eigenvalue weighted by Gasteiger charge is -2.10. The Labute approximate surface area is 131 Å². The fourth-order valence-corrected chi connectivity index (χ4v) is 1.94. The Kier molecular flexibility index (Phi) is 5.73. The molecule has 112 valence electrons. The van der Waals surface area contributed by atoms with Gasteiger partial charge in [0.1, 0.15) is 0 Å². The number of hydrogen-bond acceptors (Lipinski definition) is 2. The highest BCUT2D eigenvalue weighted by Crippen LogP contribution is 2.15. The Morgan fingerprint density at radius 1 is 1.05 bits per heavy atom. The summed E-state index contributed by atoms with van der Waals surface area (Å²) >= 11 is 0. The Morgan fingerprint density at radius 3 is 2.23 bits per heavy atom. The van der Waals surface area contributed by atoms with E-state index in [-0.39, 0.29) is 5.78 Å². The molecule has 0 amide bonds. The molecule has 0 atom stereocenters. The van der Waals surface area contributed by atoms with E-state index >= 15 is 0 Å². The minimum absolute atomic E-state index is 0.105. The van der Waals surface area contributed by atoms with Gasteiger partial charge in [-0.25, -0.2) is 0 Å². The van der Waals surface area contributed by atoms with E-state index in [1.807, 2.05) is 55.5 Å². The average Bonchev–Trinajstić information content (AvgIpc) is 2.55. The Morgan fingerprint density at radius 2 is 1.64 bits per heavy atom. The van der Waals surface area contributed by atoms with Crippen LogP contribution < -0.4 is 0 Å². The second-order valence-electron chi connectivity index (χ2n) is 5.17. The van der Waals surface area contributed by atoms with Gasteiger partial charge in [0.05, 0.1) is 6.61 Å². The maximum atomic E-state index is 12.6. The van der Waals surface area contributed by atoms with Gasteiger partial charge in [-0.15, -0.1) is 6.58 Å². The van der Waals surface area contributed by atoms with E-state index in [4.69, 9.17) is 4.74 Å². The van der Waals surface area contributed by atoms with Crippen LogP contribution in [-0.2, 0) is 4.74 Å². The number of hydrogen-bond donors (Lipinski definition) is 0. The molecule has 0 aliphatic carbocycles. The number of carbonyl (C=O) groups excluding carboxylic acids is 1. The number of Topliss-reactive ketones (excluding diaryl/α,β-unsaturated/α-hetero) is 1. The molecule has 2 nitrogen and oxygen atoms in total. The molecule has 0 aromatic heterocycles. The molecule has 2 heteroatoms. The van der Waals surface area contributed by atoms with Crippen molar-refractivity contribution >= 4 is 11.9 Å². The zero-order chi connectivity index (χ0) is 15.8. The molecule has 0 N–H and O–H groups in total. The highest BCUT2D eigenvalue weighted by Gasteiger charge is 2.13. The number of carbonyl (C=O) groups is 1. The van der Waals surface area contributed by atoms with Crippen molar-refractivity contribution < 1.29 is 9.53 Å². The van der Waals surface area contributed by atoms with Crippen molar-refractivity contribution in [1.29, 1.82) is 0 Å². The van der Waals surface area contributed by atoms with Crippen LogP contribution in [0, 0.1) is 0 Å². The predicted octanol–water partition coefficient (Wildman–Crippen LogP) is 4.89. The third-order valence-electron chi connectivity index (χ3n) is 3.14. The second kappa shape index (κ2) is 7.99. The number of allylic oxidation sites excluding steroid dienone is 1. The van der Waals surface area contributed by atoms with Crippen LogP contribution in [0.15, 0.2) is 78.6 Å². The number of ether oxygens (including phenoxy) is 1. The minimum Gasteiger partial charge on any atom is -0.489 e.